The van der Waals surface area contributed by atoms with E-state index >= 15 is 0 Å². The first kappa shape index (κ1) is 19.7. The summed E-state index contributed by atoms with van der Waals surface area (Å²) in [5, 5.41) is 13.1. The van der Waals surface area contributed by atoms with E-state index in [4.69, 9.17) is 0 Å². The molecule has 26 heavy (non-hydrogen) atoms. The summed E-state index contributed by atoms with van der Waals surface area (Å²) in [5.41, 5.74) is -0.512. The first-order valence-corrected chi connectivity index (χ1v) is 9.26. The van der Waals surface area contributed by atoms with Crippen molar-refractivity contribution >= 4 is 28.6 Å². The SMILES string of the molecule is C=CCn1c(SCC(=O)NC(C)(C#N)C(C)C)nc2ccccc2c1=O. The van der Waals surface area contributed by atoms with Gasteiger partial charge in [0.2, 0.25) is 5.91 Å². The monoisotopic (exact) mass is 370 g/mol. The maximum atomic E-state index is 12.7. The molecule has 0 bridgehead atoms. The molecule has 7 heteroatoms. The standard InChI is InChI=1S/C19H22N4O2S/c1-5-10-23-17(25)14-8-6-7-9-15(14)21-18(23)26-11-16(24)22-19(4,12-20)13(2)3/h5-9,13H,1,10-11H2,2-4H3,(H,22,24). The summed E-state index contributed by atoms with van der Waals surface area (Å²) < 4.78 is 1.50. The molecular weight excluding hydrogens is 348 g/mol. The summed E-state index contributed by atoms with van der Waals surface area (Å²) in [6.07, 6.45) is 1.62. The van der Waals surface area contributed by atoms with Crippen molar-refractivity contribution in [3.63, 3.8) is 0 Å². The molecule has 1 unspecified atom stereocenters. The molecule has 1 amide bonds. The van der Waals surface area contributed by atoms with Crippen molar-refractivity contribution < 1.29 is 4.79 Å². The quantitative estimate of drug-likeness (QED) is 0.460. The van der Waals surface area contributed by atoms with Crippen molar-refractivity contribution in [1.82, 2.24) is 14.9 Å². The Kier molecular flexibility index (Phi) is 6.22. The van der Waals surface area contributed by atoms with Gasteiger partial charge in [-0.15, -0.1) is 6.58 Å². The van der Waals surface area contributed by atoms with Crippen molar-refractivity contribution in [3.8, 4) is 6.07 Å². The van der Waals surface area contributed by atoms with Crippen molar-refractivity contribution in [2.75, 3.05) is 5.75 Å². The fraction of sp³-hybridized carbons (Fsp3) is 0.368. The van der Waals surface area contributed by atoms with Crippen molar-refractivity contribution in [2.45, 2.75) is 38.0 Å². The number of aromatic nitrogens is 2. The number of amides is 1. The zero-order valence-electron chi connectivity index (χ0n) is 15.2. The Morgan fingerprint density at radius 1 is 1.50 bits per heavy atom. The van der Waals surface area contributed by atoms with E-state index in [-0.39, 0.29) is 23.1 Å². The van der Waals surface area contributed by atoms with E-state index in [1.807, 2.05) is 19.9 Å². The Labute approximate surface area is 156 Å². The van der Waals surface area contributed by atoms with Gasteiger partial charge in [0.25, 0.3) is 5.56 Å². The van der Waals surface area contributed by atoms with Crippen LogP contribution >= 0.6 is 11.8 Å². The minimum Gasteiger partial charge on any atom is -0.337 e. The number of benzene rings is 1. The molecule has 1 heterocycles. The number of rotatable bonds is 7. The molecule has 0 aliphatic rings. The number of fused-ring (bicyclic) bond motifs is 1. The molecular formula is C19H22N4O2S. The Hall–Kier alpha value is -2.59. The van der Waals surface area contributed by atoms with Crippen molar-refractivity contribution in [2.24, 2.45) is 5.92 Å². The summed E-state index contributed by atoms with van der Waals surface area (Å²) in [6, 6.07) is 9.25. The van der Waals surface area contributed by atoms with Crippen LogP contribution in [0.5, 0.6) is 0 Å². The summed E-state index contributed by atoms with van der Waals surface area (Å²) in [5.74, 6) is -0.245. The third kappa shape index (κ3) is 4.14. The summed E-state index contributed by atoms with van der Waals surface area (Å²) in [7, 11) is 0. The molecule has 1 N–H and O–H groups in total. The number of nitriles is 1. The molecule has 0 fully saturated rings. The Morgan fingerprint density at radius 3 is 2.81 bits per heavy atom. The van der Waals surface area contributed by atoms with Crippen LogP contribution in [0.1, 0.15) is 20.8 Å². The number of hydrogen-bond acceptors (Lipinski definition) is 5. The van der Waals surface area contributed by atoms with Crippen LogP contribution in [0.15, 0.2) is 46.9 Å². The molecule has 0 radical (unpaired) electrons. The average Bonchev–Trinajstić information content (AvgIpc) is 2.62. The van der Waals surface area contributed by atoms with Gasteiger partial charge in [0.1, 0.15) is 5.54 Å². The van der Waals surface area contributed by atoms with Crippen LogP contribution in [-0.2, 0) is 11.3 Å². The molecule has 0 saturated carbocycles. The molecule has 0 spiro atoms. The second-order valence-corrected chi connectivity index (χ2v) is 7.36. The Balaban J connectivity index is 2.26. The molecule has 136 valence electrons. The lowest BCUT2D eigenvalue weighted by Gasteiger charge is -2.27. The predicted octanol–water partition coefficient (Wildman–Crippen LogP) is 2.73. The molecule has 6 nitrogen and oxygen atoms in total. The maximum absolute atomic E-state index is 12.7. The van der Waals surface area contributed by atoms with Crippen LogP contribution < -0.4 is 10.9 Å². The molecule has 2 aromatic rings. The van der Waals surface area contributed by atoms with Gasteiger partial charge in [-0.25, -0.2) is 4.98 Å². The summed E-state index contributed by atoms with van der Waals surface area (Å²) >= 11 is 1.17. The van der Waals surface area contributed by atoms with E-state index in [1.54, 1.807) is 31.2 Å². The normalized spacial score (nSPS) is 13.2. The van der Waals surface area contributed by atoms with Gasteiger partial charge in [-0.1, -0.05) is 43.8 Å². The third-order valence-electron chi connectivity index (χ3n) is 4.26. The van der Waals surface area contributed by atoms with Crippen molar-refractivity contribution in [1.29, 1.82) is 5.26 Å². The van der Waals surface area contributed by atoms with Crippen LogP contribution in [-0.4, -0.2) is 26.8 Å². The number of thioether (sulfide) groups is 1. The third-order valence-corrected chi connectivity index (χ3v) is 5.23. The molecule has 1 aromatic heterocycles. The van der Waals surface area contributed by atoms with Gasteiger partial charge in [-0.2, -0.15) is 5.26 Å². The van der Waals surface area contributed by atoms with Gasteiger partial charge in [0.05, 0.1) is 22.7 Å². The molecule has 2 rings (SSSR count). The van der Waals surface area contributed by atoms with Gasteiger partial charge in [0.15, 0.2) is 5.16 Å². The summed E-state index contributed by atoms with van der Waals surface area (Å²) in [6.45, 7) is 9.44. The Bertz CT molecular complexity index is 929. The zero-order chi connectivity index (χ0) is 19.3. The molecule has 1 atom stereocenters. The lowest BCUT2D eigenvalue weighted by Crippen LogP contribution is -2.49. The first-order valence-electron chi connectivity index (χ1n) is 8.28. The number of hydrogen-bond donors (Lipinski definition) is 1. The van der Waals surface area contributed by atoms with Crippen LogP contribution in [0.25, 0.3) is 10.9 Å². The first-order chi connectivity index (χ1) is 12.3. The smallest absolute Gasteiger partial charge is 0.262 e. The highest BCUT2D eigenvalue weighted by molar-refractivity contribution is 7.99. The number of carbonyl (C=O) groups excluding carboxylic acids is 1. The van der Waals surface area contributed by atoms with E-state index in [0.29, 0.717) is 22.6 Å². The zero-order valence-corrected chi connectivity index (χ0v) is 16.0. The average molecular weight is 370 g/mol. The number of nitrogens with zero attached hydrogens (tertiary/aromatic N) is 3. The minimum absolute atomic E-state index is 0.0285. The van der Waals surface area contributed by atoms with E-state index in [9.17, 15) is 14.9 Å². The van der Waals surface area contributed by atoms with E-state index in [0.717, 1.165) is 0 Å². The fourth-order valence-electron chi connectivity index (χ4n) is 2.31. The van der Waals surface area contributed by atoms with Gasteiger partial charge >= 0.3 is 0 Å². The Morgan fingerprint density at radius 2 is 2.19 bits per heavy atom. The highest BCUT2D eigenvalue weighted by atomic mass is 32.2. The van der Waals surface area contributed by atoms with Crippen LogP contribution in [0.4, 0.5) is 0 Å². The molecule has 0 saturated heterocycles. The molecule has 0 aliphatic carbocycles. The largest absolute Gasteiger partial charge is 0.337 e. The molecule has 0 aliphatic heterocycles. The second kappa shape index (κ2) is 8.19. The van der Waals surface area contributed by atoms with Gasteiger partial charge in [-0.3, -0.25) is 14.2 Å². The summed E-state index contributed by atoms with van der Waals surface area (Å²) in [4.78, 5) is 29.5. The van der Waals surface area contributed by atoms with E-state index < -0.39 is 5.54 Å². The van der Waals surface area contributed by atoms with Gasteiger partial charge in [-0.05, 0) is 25.0 Å². The highest BCUT2D eigenvalue weighted by Gasteiger charge is 2.30. The second-order valence-electron chi connectivity index (χ2n) is 6.42. The molecule has 1 aromatic carbocycles. The number of allylic oxidation sites excluding steroid dienone is 1. The highest BCUT2D eigenvalue weighted by Crippen LogP contribution is 2.19. The number of carbonyl (C=O) groups is 1. The fourth-order valence-corrected chi connectivity index (χ4v) is 3.11. The maximum Gasteiger partial charge on any atom is 0.262 e. The lowest BCUT2D eigenvalue weighted by molar-refractivity contribution is -0.120. The van der Waals surface area contributed by atoms with Gasteiger partial charge in [0, 0.05) is 6.54 Å². The minimum atomic E-state index is -0.935. The van der Waals surface area contributed by atoms with Gasteiger partial charge < -0.3 is 5.32 Å². The van der Waals surface area contributed by atoms with Crippen LogP contribution in [0.2, 0.25) is 0 Å². The number of nitrogens with one attached hydrogen (secondary N) is 1. The predicted molar refractivity (Wildman–Crippen MR) is 104 cm³/mol. The number of para-hydroxylation sites is 1. The van der Waals surface area contributed by atoms with Crippen LogP contribution in [0.3, 0.4) is 0 Å². The van der Waals surface area contributed by atoms with E-state index in [2.05, 4.69) is 22.9 Å². The van der Waals surface area contributed by atoms with E-state index in [1.165, 1.54) is 16.3 Å². The topological polar surface area (TPSA) is 87.8 Å². The van der Waals surface area contributed by atoms with Crippen LogP contribution in [0, 0.1) is 17.2 Å². The van der Waals surface area contributed by atoms with Crippen molar-refractivity contribution in [3.05, 3.63) is 47.3 Å². The lowest BCUT2D eigenvalue weighted by atomic mass is 9.90.